The summed E-state index contributed by atoms with van der Waals surface area (Å²) in [6.45, 7) is 2.22. The minimum Gasteiger partial charge on any atom is -0.373 e. The van der Waals surface area contributed by atoms with E-state index in [4.69, 9.17) is 4.74 Å². The number of fused-ring (bicyclic) bond motifs is 1. The van der Waals surface area contributed by atoms with Crippen LogP contribution in [-0.2, 0) is 17.0 Å². The Morgan fingerprint density at radius 2 is 2.31 bits per heavy atom. The molecule has 3 heteroatoms. The largest absolute Gasteiger partial charge is 0.373 e. The number of benzene rings is 1. The fourth-order valence-electron chi connectivity index (χ4n) is 1.59. The molecule has 0 saturated carbocycles. The van der Waals surface area contributed by atoms with Crippen molar-refractivity contribution in [2.45, 2.75) is 19.2 Å². The molecule has 1 atom stereocenters. The van der Waals surface area contributed by atoms with Crippen molar-refractivity contribution in [1.29, 1.82) is 0 Å². The molecule has 0 N–H and O–H groups in total. The van der Waals surface area contributed by atoms with Crippen LogP contribution in [0.15, 0.2) is 22.7 Å². The van der Waals surface area contributed by atoms with Crippen molar-refractivity contribution in [2.24, 2.45) is 0 Å². The third-order valence-corrected chi connectivity index (χ3v) is 2.76. The fraction of sp³-hybridized carbons (Fsp3) is 0.400. The molecule has 0 radical (unpaired) electrons. The molecule has 1 nitrogen and oxygen atoms in total. The van der Waals surface area contributed by atoms with Crippen molar-refractivity contribution >= 4 is 15.9 Å². The van der Waals surface area contributed by atoms with Crippen molar-refractivity contribution in [3.05, 3.63) is 33.8 Å². The Kier molecular flexibility index (Phi) is 2.16. The monoisotopic (exact) mass is 244 g/mol. The molecular weight excluding hydrogens is 235 g/mol. The minimum atomic E-state index is -1.35. The Bertz CT molecular complexity index is 336. The van der Waals surface area contributed by atoms with Gasteiger partial charge in [-0.15, -0.1) is 0 Å². The predicted octanol–water partition coefficient (Wildman–Crippen LogP) is 3.16. The quantitative estimate of drug-likeness (QED) is 0.682. The number of alkyl halides is 1. The average Bonchev–Trinajstić information content (AvgIpc) is 2.06. The highest BCUT2D eigenvalue weighted by atomic mass is 79.9. The summed E-state index contributed by atoms with van der Waals surface area (Å²) in [5, 5.41) is 0. The van der Waals surface area contributed by atoms with Gasteiger partial charge in [-0.05, 0) is 30.2 Å². The number of hydrogen-bond donors (Lipinski definition) is 0. The van der Waals surface area contributed by atoms with Gasteiger partial charge in [0.15, 0.2) is 5.67 Å². The van der Waals surface area contributed by atoms with E-state index < -0.39 is 5.67 Å². The minimum absolute atomic E-state index is 0.149. The average molecular weight is 245 g/mol. The lowest BCUT2D eigenvalue weighted by Crippen LogP contribution is -2.28. The van der Waals surface area contributed by atoms with Gasteiger partial charge in [-0.1, -0.05) is 22.0 Å². The lowest BCUT2D eigenvalue weighted by atomic mass is 9.92. The van der Waals surface area contributed by atoms with E-state index >= 15 is 0 Å². The van der Waals surface area contributed by atoms with Crippen LogP contribution >= 0.6 is 15.9 Å². The number of ether oxygens (including phenoxy) is 1. The van der Waals surface area contributed by atoms with E-state index in [1.165, 1.54) is 0 Å². The molecule has 1 aliphatic rings. The van der Waals surface area contributed by atoms with Crippen molar-refractivity contribution in [1.82, 2.24) is 0 Å². The first-order valence-corrected chi connectivity index (χ1v) is 4.94. The van der Waals surface area contributed by atoms with E-state index in [0.717, 1.165) is 15.6 Å². The lowest BCUT2D eigenvalue weighted by Gasteiger charge is -2.28. The molecule has 0 saturated heterocycles. The Balaban J connectivity index is 2.55. The number of halogens is 2. The van der Waals surface area contributed by atoms with Crippen LogP contribution in [0.1, 0.15) is 18.1 Å². The maximum atomic E-state index is 13.9. The summed E-state index contributed by atoms with van der Waals surface area (Å²) >= 11 is 3.33. The summed E-state index contributed by atoms with van der Waals surface area (Å²) in [6.07, 6.45) is 0. The van der Waals surface area contributed by atoms with E-state index in [1.54, 1.807) is 6.92 Å². The summed E-state index contributed by atoms with van der Waals surface area (Å²) in [4.78, 5) is 0. The van der Waals surface area contributed by atoms with E-state index in [2.05, 4.69) is 15.9 Å². The summed E-state index contributed by atoms with van der Waals surface area (Å²) in [6, 6.07) is 5.64. The van der Waals surface area contributed by atoms with Gasteiger partial charge >= 0.3 is 0 Å². The molecule has 2 rings (SSSR count). The first-order valence-electron chi connectivity index (χ1n) is 4.15. The summed E-state index contributed by atoms with van der Waals surface area (Å²) in [7, 11) is 0. The summed E-state index contributed by atoms with van der Waals surface area (Å²) < 4.78 is 20.0. The standard InChI is InChI=1S/C10H10BrFO/c1-10(12)6-13-5-7-2-3-8(11)4-9(7)10/h2-4H,5-6H2,1H3. The number of hydrogen-bond acceptors (Lipinski definition) is 1. The van der Waals surface area contributed by atoms with Crippen LogP contribution < -0.4 is 0 Å². The summed E-state index contributed by atoms with van der Waals surface area (Å²) in [5.41, 5.74) is 0.338. The SMILES string of the molecule is CC1(F)COCc2ccc(Br)cc21. The molecule has 0 spiro atoms. The van der Waals surface area contributed by atoms with Gasteiger partial charge in [0.25, 0.3) is 0 Å². The van der Waals surface area contributed by atoms with Crippen LogP contribution in [0.5, 0.6) is 0 Å². The smallest absolute Gasteiger partial charge is 0.156 e. The Morgan fingerprint density at radius 1 is 1.54 bits per heavy atom. The van der Waals surface area contributed by atoms with Gasteiger partial charge in [0.1, 0.15) is 0 Å². The van der Waals surface area contributed by atoms with Crippen LogP contribution in [0.25, 0.3) is 0 Å². The van der Waals surface area contributed by atoms with Gasteiger partial charge in [-0.3, -0.25) is 0 Å². The lowest BCUT2D eigenvalue weighted by molar-refractivity contribution is -0.00467. The zero-order chi connectivity index (χ0) is 9.47. The van der Waals surface area contributed by atoms with Gasteiger partial charge in [0.2, 0.25) is 0 Å². The van der Waals surface area contributed by atoms with Gasteiger partial charge in [0, 0.05) is 4.47 Å². The molecule has 1 aromatic rings. The van der Waals surface area contributed by atoms with E-state index in [1.807, 2.05) is 18.2 Å². The van der Waals surface area contributed by atoms with Crippen molar-refractivity contribution in [3.8, 4) is 0 Å². The Morgan fingerprint density at radius 3 is 3.08 bits per heavy atom. The molecule has 13 heavy (non-hydrogen) atoms. The van der Waals surface area contributed by atoms with Crippen molar-refractivity contribution in [2.75, 3.05) is 6.61 Å². The second-order valence-electron chi connectivity index (χ2n) is 3.49. The summed E-state index contributed by atoms with van der Waals surface area (Å²) in [5.74, 6) is 0. The van der Waals surface area contributed by atoms with Gasteiger partial charge in [-0.2, -0.15) is 0 Å². The van der Waals surface area contributed by atoms with Crippen molar-refractivity contribution < 1.29 is 9.13 Å². The molecule has 0 bridgehead atoms. The molecule has 70 valence electrons. The van der Waals surface area contributed by atoms with Crippen molar-refractivity contribution in [3.63, 3.8) is 0 Å². The van der Waals surface area contributed by atoms with E-state index in [9.17, 15) is 4.39 Å². The van der Waals surface area contributed by atoms with Gasteiger partial charge in [0.05, 0.1) is 13.2 Å². The van der Waals surface area contributed by atoms with Gasteiger partial charge in [-0.25, -0.2) is 4.39 Å². The van der Waals surface area contributed by atoms with Crippen LogP contribution in [0.4, 0.5) is 4.39 Å². The highest BCUT2D eigenvalue weighted by molar-refractivity contribution is 9.10. The fourth-order valence-corrected chi connectivity index (χ4v) is 1.95. The number of rotatable bonds is 0. The zero-order valence-electron chi connectivity index (χ0n) is 7.31. The molecule has 1 aliphatic heterocycles. The van der Waals surface area contributed by atoms with Crippen LogP contribution in [0.2, 0.25) is 0 Å². The molecule has 1 aromatic carbocycles. The Labute approximate surface area is 85.0 Å². The molecule has 0 fully saturated rings. The normalized spacial score (nSPS) is 27.0. The highest BCUT2D eigenvalue weighted by Crippen LogP contribution is 2.34. The van der Waals surface area contributed by atoms with E-state index in [0.29, 0.717) is 6.61 Å². The second kappa shape index (κ2) is 3.07. The predicted molar refractivity (Wildman–Crippen MR) is 52.3 cm³/mol. The maximum absolute atomic E-state index is 13.9. The van der Waals surface area contributed by atoms with Crippen LogP contribution in [-0.4, -0.2) is 6.61 Å². The molecule has 0 amide bonds. The molecular formula is C10H10BrFO. The first kappa shape index (κ1) is 9.16. The maximum Gasteiger partial charge on any atom is 0.156 e. The third kappa shape index (κ3) is 1.63. The topological polar surface area (TPSA) is 9.23 Å². The zero-order valence-corrected chi connectivity index (χ0v) is 8.90. The second-order valence-corrected chi connectivity index (χ2v) is 4.41. The molecule has 0 aliphatic carbocycles. The van der Waals surface area contributed by atoms with Crippen LogP contribution in [0.3, 0.4) is 0 Å². The van der Waals surface area contributed by atoms with E-state index in [-0.39, 0.29) is 6.61 Å². The molecule has 1 heterocycles. The molecule has 1 unspecified atom stereocenters. The molecule has 0 aromatic heterocycles. The first-order chi connectivity index (χ1) is 6.09. The highest BCUT2D eigenvalue weighted by Gasteiger charge is 2.32. The van der Waals surface area contributed by atoms with Crippen LogP contribution in [0, 0.1) is 0 Å². The third-order valence-electron chi connectivity index (χ3n) is 2.26. The van der Waals surface area contributed by atoms with Gasteiger partial charge < -0.3 is 4.74 Å². The Hall–Kier alpha value is -0.410.